The van der Waals surface area contributed by atoms with Gasteiger partial charge in [0.2, 0.25) is 0 Å². The van der Waals surface area contributed by atoms with Crippen LogP contribution in [0.5, 0.6) is 0 Å². The van der Waals surface area contributed by atoms with E-state index in [1.54, 1.807) is 12.1 Å². The Hall–Kier alpha value is -1.59. The summed E-state index contributed by atoms with van der Waals surface area (Å²) in [4.78, 5) is 17.7. The van der Waals surface area contributed by atoms with E-state index in [4.69, 9.17) is 5.73 Å². The first-order valence-electron chi connectivity index (χ1n) is 6.15. The molecule has 0 aliphatic carbocycles. The summed E-state index contributed by atoms with van der Waals surface area (Å²) < 4.78 is 0. The molecule has 3 N–H and O–H groups in total. The fourth-order valence-corrected chi connectivity index (χ4v) is 2.76. The van der Waals surface area contributed by atoms with Gasteiger partial charge in [0, 0.05) is 16.1 Å². The number of anilines is 2. The Labute approximate surface area is 128 Å². The van der Waals surface area contributed by atoms with E-state index in [-0.39, 0.29) is 18.3 Å². The maximum Gasteiger partial charge on any atom is 0.257 e. The van der Waals surface area contributed by atoms with Crippen molar-refractivity contribution in [3.8, 4) is 0 Å². The zero-order valence-corrected chi connectivity index (χ0v) is 13.3. The average molecular weight is 312 g/mol. The molecule has 108 valence electrons. The summed E-state index contributed by atoms with van der Waals surface area (Å²) in [7, 11) is 0. The van der Waals surface area contributed by atoms with Crippen molar-refractivity contribution in [3.63, 3.8) is 0 Å². The number of aryl methyl sites for hydroxylation is 3. The maximum atomic E-state index is 12.2. The largest absolute Gasteiger partial charge is 0.399 e. The standard InChI is InChI=1S/C14H17N3OS.ClH/c1-4-12-9(3)19-14(16-12)17-13(18)11-7-10(15)6-5-8(11)2;/h5-7H,4,15H2,1-3H3,(H,16,17,18);1H. The van der Waals surface area contributed by atoms with Crippen LogP contribution in [0, 0.1) is 13.8 Å². The van der Waals surface area contributed by atoms with Gasteiger partial charge in [-0.3, -0.25) is 10.1 Å². The highest BCUT2D eigenvalue weighted by molar-refractivity contribution is 7.15. The average Bonchev–Trinajstić information content (AvgIpc) is 2.72. The van der Waals surface area contributed by atoms with Crippen LogP contribution in [-0.4, -0.2) is 10.9 Å². The number of rotatable bonds is 3. The maximum absolute atomic E-state index is 12.2. The Morgan fingerprint density at radius 1 is 1.40 bits per heavy atom. The number of nitrogen functional groups attached to an aromatic ring is 1. The summed E-state index contributed by atoms with van der Waals surface area (Å²) in [5.41, 5.74) is 8.82. The lowest BCUT2D eigenvalue weighted by molar-refractivity contribution is 0.102. The van der Waals surface area contributed by atoms with Crippen LogP contribution < -0.4 is 11.1 Å². The molecule has 0 saturated heterocycles. The van der Waals surface area contributed by atoms with Crippen LogP contribution in [0.15, 0.2) is 18.2 Å². The van der Waals surface area contributed by atoms with Gasteiger partial charge in [-0.15, -0.1) is 23.7 Å². The Bertz CT molecular complexity index is 625. The van der Waals surface area contributed by atoms with E-state index in [0.717, 1.165) is 22.6 Å². The number of thiazole rings is 1. The SMILES string of the molecule is CCc1nc(NC(=O)c2cc(N)ccc2C)sc1C.Cl. The van der Waals surface area contributed by atoms with Crippen molar-refractivity contribution in [2.75, 3.05) is 11.1 Å². The smallest absolute Gasteiger partial charge is 0.257 e. The zero-order valence-electron chi connectivity index (χ0n) is 11.7. The molecule has 0 fully saturated rings. The Morgan fingerprint density at radius 2 is 2.10 bits per heavy atom. The number of carbonyl (C=O) groups is 1. The fourth-order valence-electron chi connectivity index (χ4n) is 1.86. The number of amides is 1. The Morgan fingerprint density at radius 3 is 2.70 bits per heavy atom. The van der Waals surface area contributed by atoms with E-state index < -0.39 is 0 Å². The topological polar surface area (TPSA) is 68.0 Å². The highest BCUT2D eigenvalue weighted by Crippen LogP contribution is 2.23. The van der Waals surface area contributed by atoms with Crippen molar-refractivity contribution in [3.05, 3.63) is 39.9 Å². The first-order chi connectivity index (χ1) is 9.01. The molecule has 1 aromatic heterocycles. The molecular weight excluding hydrogens is 294 g/mol. The van der Waals surface area contributed by atoms with Gasteiger partial charge in [0.1, 0.15) is 0 Å². The van der Waals surface area contributed by atoms with Crippen LogP contribution in [-0.2, 0) is 6.42 Å². The molecule has 2 aromatic rings. The van der Waals surface area contributed by atoms with Crippen molar-refractivity contribution in [1.29, 1.82) is 0 Å². The van der Waals surface area contributed by atoms with Gasteiger partial charge in [-0.05, 0) is 38.0 Å². The molecule has 0 unspecified atom stereocenters. The van der Waals surface area contributed by atoms with Crippen LogP contribution in [0.2, 0.25) is 0 Å². The summed E-state index contributed by atoms with van der Waals surface area (Å²) in [6.07, 6.45) is 0.871. The van der Waals surface area contributed by atoms with E-state index in [1.165, 1.54) is 11.3 Å². The first-order valence-corrected chi connectivity index (χ1v) is 6.96. The number of aromatic nitrogens is 1. The van der Waals surface area contributed by atoms with Crippen LogP contribution in [0.3, 0.4) is 0 Å². The molecule has 6 heteroatoms. The van der Waals surface area contributed by atoms with E-state index in [2.05, 4.69) is 17.2 Å². The van der Waals surface area contributed by atoms with Crippen molar-refractivity contribution < 1.29 is 4.79 Å². The van der Waals surface area contributed by atoms with Gasteiger partial charge in [-0.25, -0.2) is 4.98 Å². The van der Waals surface area contributed by atoms with Crippen LogP contribution >= 0.6 is 23.7 Å². The summed E-state index contributed by atoms with van der Waals surface area (Å²) in [5, 5.41) is 3.47. The third-order valence-electron chi connectivity index (χ3n) is 2.95. The van der Waals surface area contributed by atoms with E-state index in [0.29, 0.717) is 16.4 Å². The molecule has 0 bridgehead atoms. The molecule has 1 aromatic carbocycles. The molecule has 1 heterocycles. The highest BCUT2D eigenvalue weighted by Gasteiger charge is 2.13. The fraction of sp³-hybridized carbons (Fsp3) is 0.286. The lowest BCUT2D eigenvalue weighted by Crippen LogP contribution is -2.13. The van der Waals surface area contributed by atoms with Crippen molar-refractivity contribution in [2.24, 2.45) is 0 Å². The minimum Gasteiger partial charge on any atom is -0.399 e. The third-order valence-corrected chi connectivity index (χ3v) is 3.88. The van der Waals surface area contributed by atoms with Gasteiger partial charge >= 0.3 is 0 Å². The van der Waals surface area contributed by atoms with Crippen molar-refractivity contribution in [1.82, 2.24) is 4.98 Å². The number of halogens is 1. The lowest BCUT2D eigenvalue weighted by Gasteiger charge is -2.06. The molecule has 0 spiro atoms. The molecule has 0 aliphatic rings. The molecule has 4 nitrogen and oxygen atoms in total. The van der Waals surface area contributed by atoms with Crippen LogP contribution in [0.25, 0.3) is 0 Å². The quantitative estimate of drug-likeness (QED) is 0.851. The lowest BCUT2D eigenvalue weighted by atomic mass is 10.1. The van der Waals surface area contributed by atoms with Gasteiger partial charge in [0.05, 0.1) is 5.69 Å². The van der Waals surface area contributed by atoms with Crippen LogP contribution in [0.1, 0.15) is 33.4 Å². The number of nitrogens with one attached hydrogen (secondary N) is 1. The third kappa shape index (κ3) is 3.49. The monoisotopic (exact) mass is 311 g/mol. The number of hydrogen-bond donors (Lipinski definition) is 2. The van der Waals surface area contributed by atoms with E-state index in [1.807, 2.05) is 19.9 Å². The van der Waals surface area contributed by atoms with Gasteiger partial charge in [-0.2, -0.15) is 0 Å². The normalized spacial score (nSPS) is 9.95. The second-order valence-electron chi connectivity index (χ2n) is 4.40. The Kier molecular flexibility index (Phi) is 5.53. The van der Waals surface area contributed by atoms with Crippen molar-refractivity contribution in [2.45, 2.75) is 27.2 Å². The second-order valence-corrected chi connectivity index (χ2v) is 5.61. The van der Waals surface area contributed by atoms with Gasteiger partial charge in [0.15, 0.2) is 5.13 Å². The first kappa shape index (κ1) is 16.5. The van der Waals surface area contributed by atoms with E-state index in [9.17, 15) is 4.79 Å². The van der Waals surface area contributed by atoms with E-state index >= 15 is 0 Å². The molecule has 20 heavy (non-hydrogen) atoms. The Balaban J connectivity index is 0.00000200. The van der Waals surface area contributed by atoms with Gasteiger partial charge in [-0.1, -0.05) is 13.0 Å². The molecule has 1 amide bonds. The molecule has 0 aliphatic heterocycles. The van der Waals surface area contributed by atoms with Gasteiger partial charge < -0.3 is 5.73 Å². The summed E-state index contributed by atoms with van der Waals surface area (Å²) in [6.45, 7) is 5.95. The predicted octanol–water partition coefficient (Wildman–Crippen LogP) is 3.58. The molecule has 2 rings (SSSR count). The minimum atomic E-state index is -0.166. The summed E-state index contributed by atoms with van der Waals surface area (Å²) in [5.74, 6) is -0.166. The second kappa shape index (κ2) is 6.72. The predicted molar refractivity (Wildman–Crippen MR) is 87.0 cm³/mol. The minimum absolute atomic E-state index is 0. The number of nitrogens with zero attached hydrogens (tertiary/aromatic N) is 1. The molecular formula is C14H18ClN3OS. The molecule has 0 atom stereocenters. The van der Waals surface area contributed by atoms with Gasteiger partial charge in [0.25, 0.3) is 5.91 Å². The van der Waals surface area contributed by atoms with Crippen LogP contribution in [0.4, 0.5) is 10.8 Å². The van der Waals surface area contributed by atoms with Crippen molar-refractivity contribution >= 4 is 40.5 Å². The highest BCUT2D eigenvalue weighted by atomic mass is 35.5. The number of benzene rings is 1. The summed E-state index contributed by atoms with van der Waals surface area (Å²) in [6, 6.07) is 5.32. The number of carbonyl (C=O) groups excluding carboxylic acids is 1. The number of nitrogens with two attached hydrogens (primary N) is 1. The zero-order chi connectivity index (χ0) is 14.0. The molecule has 0 saturated carbocycles. The molecule has 0 radical (unpaired) electrons. The summed E-state index contributed by atoms with van der Waals surface area (Å²) >= 11 is 1.50. The number of hydrogen-bond acceptors (Lipinski definition) is 4.